The third kappa shape index (κ3) is 9.63. The Kier molecular flexibility index (Phi) is 13.0. The van der Waals surface area contributed by atoms with E-state index in [0.29, 0.717) is 12.5 Å². The van der Waals surface area contributed by atoms with E-state index in [4.69, 9.17) is 26.1 Å². The van der Waals surface area contributed by atoms with Crippen LogP contribution in [-0.2, 0) is 6.42 Å². The van der Waals surface area contributed by atoms with Gasteiger partial charge in [-0.05, 0) is 97.8 Å². The largest absolute Gasteiger partial charge is 0.494 e. The molecule has 1 heterocycles. The maximum Gasteiger partial charge on any atom is 0.119 e. The number of aromatic nitrogens is 2. The van der Waals surface area contributed by atoms with Gasteiger partial charge in [-0.25, -0.2) is 4.98 Å². The summed E-state index contributed by atoms with van der Waals surface area (Å²) < 4.78 is 14.4. The minimum atomic E-state index is 0.388. The van der Waals surface area contributed by atoms with E-state index < -0.39 is 0 Å². The molecule has 1 atom stereocenters. The highest BCUT2D eigenvalue weighted by Gasteiger charge is 2.18. The Morgan fingerprint density at radius 3 is 1.98 bits per heavy atom. The van der Waals surface area contributed by atoms with Crippen molar-refractivity contribution >= 4 is 11.6 Å². The van der Waals surface area contributed by atoms with Gasteiger partial charge in [0.25, 0.3) is 0 Å². The Bertz CT molecular complexity index is 1340. The number of hydrogen-bond acceptors (Lipinski definition) is 3. The summed E-state index contributed by atoms with van der Waals surface area (Å²) in [7, 11) is 0. The molecule has 1 aromatic heterocycles. The Hall–Kier alpha value is -3.24. The SMILES string of the molecule is CCCCC(CC)CCCOc1ccc(-n2cc(-c3ccc(OCCc4ccc(Cl)cc4)cc3)nc2C(CC)CC)cc1. The molecule has 0 radical (unpaired) electrons. The topological polar surface area (TPSA) is 36.3 Å². The smallest absolute Gasteiger partial charge is 0.119 e. The molecule has 0 bridgehead atoms. The fourth-order valence-corrected chi connectivity index (χ4v) is 5.78. The molecule has 3 aromatic carbocycles. The Morgan fingerprint density at radius 2 is 1.35 bits per heavy atom. The van der Waals surface area contributed by atoms with Crippen LogP contribution in [0, 0.1) is 5.92 Å². The summed E-state index contributed by atoms with van der Waals surface area (Å²) in [5.41, 5.74) is 4.38. The van der Waals surface area contributed by atoms with Gasteiger partial charge in [0.2, 0.25) is 0 Å². The van der Waals surface area contributed by atoms with Crippen molar-refractivity contribution in [1.82, 2.24) is 9.55 Å². The highest BCUT2D eigenvalue weighted by atomic mass is 35.5. The minimum Gasteiger partial charge on any atom is -0.494 e. The van der Waals surface area contributed by atoms with E-state index in [1.165, 1.54) is 37.7 Å². The fraction of sp³-hybridized carbons (Fsp3) is 0.447. The number of imidazole rings is 1. The van der Waals surface area contributed by atoms with E-state index in [9.17, 15) is 0 Å². The minimum absolute atomic E-state index is 0.388. The quantitative estimate of drug-likeness (QED) is 0.107. The van der Waals surface area contributed by atoms with E-state index in [0.717, 1.165) is 77.5 Å². The second kappa shape index (κ2) is 17.2. The van der Waals surface area contributed by atoms with Crippen LogP contribution in [0.15, 0.2) is 79.0 Å². The van der Waals surface area contributed by atoms with Gasteiger partial charge in [0.15, 0.2) is 0 Å². The molecule has 5 heteroatoms. The predicted molar refractivity (Wildman–Crippen MR) is 181 cm³/mol. The molecule has 0 saturated carbocycles. The molecule has 0 spiro atoms. The second-order valence-electron chi connectivity index (χ2n) is 11.5. The lowest BCUT2D eigenvalue weighted by atomic mass is 9.94. The standard InChI is InChI=1S/C38H49ClN2O2/c1-5-9-11-29(6-2)12-10-26-42-36-23-19-34(20-24-36)41-28-37(40-38(41)31(7-3)8-4)32-15-21-35(22-16-32)43-27-25-30-13-17-33(39)18-14-30/h13-24,28-29,31H,5-12,25-27H2,1-4H3. The van der Waals surface area contributed by atoms with Crippen LogP contribution in [0.4, 0.5) is 0 Å². The molecule has 0 amide bonds. The van der Waals surface area contributed by atoms with Crippen molar-refractivity contribution in [1.29, 1.82) is 0 Å². The lowest BCUT2D eigenvalue weighted by molar-refractivity contribution is 0.285. The normalized spacial score (nSPS) is 12.0. The monoisotopic (exact) mass is 600 g/mol. The van der Waals surface area contributed by atoms with Gasteiger partial charge in [-0.15, -0.1) is 0 Å². The Balaban J connectivity index is 1.40. The van der Waals surface area contributed by atoms with Crippen molar-refractivity contribution in [2.75, 3.05) is 13.2 Å². The molecule has 4 nitrogen and oxygen atoms in total. The number of rotatable bonds is 18. The van der Waals surface area contributed by atoms with Crippen LogP contribution < -0.4 is 9.47 Å². The zero-order valence-corrected chi connectivity index (χ0v) is 27.3. The highest BCUT2D eigenvalue weighted by Crippen LogP contribution is 2.31. The maximum absolute atomic E-state index is 6.12. The van der Waals surface area contributed by atoms with Crippen molar-refractivity contribution in [3.63, 3.8) is 0 Å². The van der Waals surface area contributed by atoms with Gasteiger partial charge in [0.05, 0.1) is 18.9 Å². The van der Waals surface area contributed by atoms with Crippen molar-refractivity contribution < 1.29 is 9.47 Å². The summed E-state index contributed by atoms with van der Waals surface area (Å²) in [6.07, 6.45) is 12.7. The molecule has 0 N–H and O–H groups in total. The molecule has 0 aliphatic carbocycles. The Morgan fingerprint density at radius 1 is 0.721 bits per heavy atom. The van der Waals surface area contributed by atoms with Gasteiger partial charge in [0.1, 0.15) is 17.3 Å². The van der Waals surface area contributed by atoms with E-state index >= 15 is 0 Å². The van der Waals surface area contributed by atoms with Gasteiger partial charge in [-0.2, -0.15) is 0 Å². The number of ether oxygens (including phenoxy) is 2. The first-order valence-electron chi connectivity index (χ1n) is 16.3. The second-order valence-corrected chi connectivity index (χ2v) is 12.0. The number of nitrogens with zero attached hydrogens (tertiary/aromatic N) is 2. The van der Waals surface area contributed by atoms with Gasteiger partial charge in [0, 0.05) is 34.8 Å². The van der Waals surface area contributed by atoms with E-state index in [2.05, 4.69) is 74.9 Å². The van der Waals surface area contributed by atoms with E-state index in [1.807, 2.05) is 36.4 Å². The van der Waals surface area contributed by atoms with Crippen molar-refractivity contribution in [3.8, 4) is 28.4 Å². The van der Waals surface area contributed by atoms with Crippen LogP contribution in [0.3, 0.4) is 0 Å². The zero-order chi connectivity index (χ0) is 30.4. The molecule has 0 aliphatic heterocycles. The third-order valence-electron chi connectivity index (χ3n) is 8.49. The van der Waals surface area contributed by atoms with Gasteiger partial charge in [-0.1, -0.05) is 77.1 Å². The zero-order valence-electron chi connectivity index (χ0n) is 26.5. The number of hydrogen-bond donors (Lipinski definition) is 0. The van der Waals surface area contributed by atoms with Gasteiger partial charge in [-0.3, -0.25) is 0 Å². The molecular formula is C38H49ClN2O2. The van der Waals surface area contributed by atoms with Crippen molar-refractivity contribution in [3.05, 3.63) is 95.4 Å². The molecule has 0 fully saturated rings. The van der Waals surface area contributed by atoms with E-state index in [1.54, 1.807) is 0 Å². The number of unbranched alkanes of at least 4 members (excludes halogenated alkanes) is 1. The molecule has 0 saturated heterocycles. The average molecular weight is 601 g/mol. The molecule has 4 rings (SSSR count). The van der Waals surface area contributed by atoms with E-state index in [-0.39, 0.29) is 0 Å². The number of halogens is 1. The van der Waals surface area contributed by atoms with Gasteiger partial charge >= 0.3 is 0 Å². The summed E-state index contributed by atoms with van der Waals surface area (Å²) in [6, 6.07) is 24.7. The number of benzene rings is 3. The van der Waals surface area contributed by atoms with Crippen LogP contribution >= 0.6 is 11.6 Å². The fourth-order valence-electron chi connectivity index (χ4n) is 5.65. The van der Waals surface area contributed by atoms with Crippen molar-refractivity contribution in [2.24, 2.45) is 5.92 Å². The van der Waals surface area contributed by atoms with Crippen LogP contribution in [0.2, 0.25) is 5.02 Å². The molecule has 230 valence electrons. The molecule has 1 unspecified atom stereocenters. The molecule has 43 heavy (non-hydrogen) atoms. The highest BCUT2D eigenvalue weighted by molar-refractivity contribution is 6.30. The van der Waals surface area contributed by atoms with Crippen LogP contribution in [0.5, 0.6) is 11.5 Å². The molecule has 0 aliphatic rings. The van der Waals surface area contributed by atoms with Crippen LogP contribution in [0.1, 0.15) is 96.4 Å². The van der Waals surface area contributed by atoms with Gasteiger partial charge < -0.3 is 14.0 Å². The average Bonchev–Trinajstić information content (AvgIpc) is 3.48. The summed E-state index contributed by atoms with van der Waals surface area (Å²) in [5.74, 6) is 4.11. The molecular weight excluding hydrogens is 552 g/mol. The summed E-state index contributed by atoms with van der Waals surface area (Å²) >= 11 is 5.99. The lowest BCUT2D eigenvalue weighted by Crippen LogP contribution is -2.06. The first-order chi connectivity index (χ1) is 21.0. The first-order valence-corrected chi connectivity index (χ1v) is 16.7. The van der Waals surface area contributed by atoms with Crippen molar-refractivity contribution in [2.45, 2.75) is 91.4 Å². The summed E-state index contributed by atoms with van der Waals surface area (Å²) in [6.45, 7) is 10.5. The van der Waals surface area contributed by atoms with Crippen LogP contribution in [0.25, 0.3) is 16.9 Å². The Labute approximate surface area is 264 Å². The lowest BCUT2D eigenvalue weighted by Gasteiger charge is -2.16. The first kappa shape index (κ1) is 32.7. The maximum atomic E-state index is 6.12. The third-order valence-corrected chi connectivity index (χ3v) is 8.74. The predicted octanol–water partition coefficient (Wildman–Crippen LogP) is 11.1. The summed E-state index contributed by atoms with van der Waals surface area (Å²) in [4.78, 5) is 5.15. The van der Waals surface area contributed by atoms with Crippen LogP contribution in [-0.4, -0.2) is 22.8 Å². The molecule has 4 aromatic rings. The summed E-state index contributed by atoms with van der Waals surface area (Å²) in [5, 5.41) is 0.755.